The second kappa shape index (κ2) is 10.5. The van der Waals surface area contributed by atoms with E-state index in [-0.39, 0.29) is 0 Å². The van der Waals surface area contributed by atoms with E-state index < -0.39 is 0 Å². The van der Waals surface area contributed by atoms with Gasteiger partial charge in [0.1, 0.15) is 10.8 Å². The number of aromatic nitrogens is 4. The number of ether oxygens (including phenoxy) is 3. The largest absolute Gasteiger partial charge is 0.497 e. The molecular weight excluding hydrogens is 456 g/mol. The Kier molecular flexibility index (Phi) is 7.31. The summed E-state index contributed by atoms with van der Waals surface area (Å²) in [5.41, 5.74) is 2.95. The van der Waals surface area contributed by atoms with Crippen LogP contribution >= 0.6 is 23.1 Å². The highest BCUT2D eigenvalue weighted by Crippen LogP contribution is 2.34. The van der Waals surface area contributed by atoms with Crippen molar-refractivity contribution in [3.8, 4) is 39.2 Å². The number of thiazole rings is 1. The summed E-state index contributed by atoms with van der Waals surface area (Å²) in [4.78, 5) is 4.80. The zero-order valence-electron chi connectivity index (χ0n) is 18.6. The quantitative estimate of drug-likeness (QED) is 0.217. The molecule has 0 bridgehead atoms. The zero-order valence-corrected chi connectivity index (χ0v) is 20.3. The summed E-state index contributed by atoms with van der Waals surface area (Å²) in [7, 11) is 4.91. The lowest BCUT2D eigenvalue weighted by Crippen LogP contribution is -2.00. The van der Waals surface area contributed by atoms with Gasteiger partial charge in [0.2, 0.25) is 0 Å². The molecule has 7 nitrogen and oxygen atoms in total. The van der Waals surface area contributed by atoms with Crippen LogP contribution in [0.4, 0.5) is 0 Å². The second-order valence-electron chi connectivity index (χ2n) is 6.94. The van der Waals surface area contributed by atoms with Crippen LogP contribution in [0.25, 0.3) is 22.0 Å². The van der Waals surface area contributed by atoms with Gasteiger partial charge in [-0.2, -0.15) is 0 Å². The fourth-order valence-electron chi connectivity index (χ4n) is 3.26. The Labute approximate surface area is 201 Å². The third-order valence-electron chi connectivity index (χ3n) is 4.91. The molecule has 9 heteroatoms. The number of benzene rings is 2. The van der Waals surface area contributed by atoms with Gasteiger partial charge < -0.3 is 14.2 Å². The number of hydrogen-bond donors (Lipinski definition) is 0. The van der Waals surface area contributed by atoms with Crippen LogP contribution in [0, 0.1) is 0 Å². The number of allylic oxidation sites excluding steroid dienone is 1. The number of hydrogen-bond acceptors (Lipinski definition) is 8. The van der Waals surface area contributed by atoms with E-state index >= 15 is 0 Å². The molecule has 0 amide bonds. The molecule has 0 N–H and O–H groups in total. The number of rotatable bonds is 10. The van der Waals surface area contributed by atoms with Gasteiger partial charge in [0.15, 0.2) is 22.5 Å². The van der Waals surface area contributed by atoms with E-state index in [0.29, 0.717) is 23.8 Å². The van der Waals surface area contributed by atoms with Gasteiger partial charge in [0, 0.05) is 28.8 Å². The first-order valence-corrected chi connectivity index (χ1v) is 12.0. The molecule has 0 saturated carbocycles. The first-order chi connectivity index (χ1) is 16.2. The molecule has 2 heterocycles. The first kappa shape index (κ1) is 22.9. The third kappa shape index (κ3) is 5.04. The van der Waals surface area contributed by atoms with Gasteiger partial charge in [-0.05, 0) is 42.5 Å². The Hall–Kier alpha value is -3.30. The van der Waals surface area contributed by atoms with Crippen LogP contribution in [-0.4, -0.2) is 41.1 Å². The monoisotopic (exact) mass is 480 g/mol. The van der Waals surface area contributed by atoms with Crippen LogP contribution in [0.3, 0.4) is 0 Å². The molecule has 0 aliphatic heterocycles. The summed E-state index contributed by atoms with van der Waals surface area (Å²) in [5, 5.41) is 12.7. The van der Waals surface area contributed by atoms with E-state index in [4.69, 9.17) is 19.2 Å². The number of methoxy groups -OCH3 is 3. The van der Waals surface area contributed by atoms with E-state index in [9.17, 15) is 0 Å². The van der Waals surface area contributed by atoms with Crippen LogP contribution in [0.2, 0.25) is 0 Å². The Balaban J connectivity index is 1.51. The van der Waals surface area contributed by atoms with Crippen LogP contribution in [0.15, 0.2) is 65.7 Å². The number of thioether (sulfide) groups is 1. The van der Waals surface area contributed by atoms with Crippen LogP contribution < -0.4 is 14.2 Å². The maximum Gasteiger partial charge on any atom is 0.192 e. The number of nitrogens with zero attached hydrogens (tertiary/aromatic N) is 4. The SMILES string of the molecule is C=CCn1c(SCc2csc(-c3ccc(OC)c(OC)c3)n2)nnc1-c1ccc(OC)cc1. The standard InChI is InChI=1S/C24H24N4O3S2/c1-5-12-28-22(16-6-9-19(29-2)10-7-16)26-27-24(28)33-15-18-14-32-23(25-18)17-8-11-20(30-3)21(13-17)31-4/h5-11,13-14H,1,12,15H2,2-4H3. The smallest absolute Gasteiger partial charge is 0.192 e. The average Bonchev–Trinajstić information content (AvgIpc) is 3.50. The van der Waals surface area contributed by atoms with Crippen molar-refractivity contribution in [2.45, 2.75) is 17.5 Å². The van der Waals surface area contributed by atoms with Crippen LogP contribution in [0.5, 0.6) is 17.2 Å². The highest BCUT2D eigenvalue weighted by atomic mass is 32.2. The molecule has 4 aromatic rings. The predicted octanol–water partition coefficient (Wildman–Crippen LogP) is 5.57. The van der Waals surface area contributed by atoms with Crippen LogP contribution in [0.1, 0.15) is 5.69 Å². The highest BCUT2D eigenvalue weighted by Gasteiger charge is 2.15. The summed E-state index contributed by atoms with van der Waals surface area (Å²) in [6.07, 6.45) is 1.85. The maximum absolute atomic E-state index is 5.41. The minimum absolute atomic E-state index is 0.616. The predicted molar refractivity (Wildman–Crippen MR) is 132 cm³/mol. The van der Waals surface area contributed by atoms with Gasteiger partial charge >= 0.3 is 0 Å². The summed E-state index contributed by atoms with van der Waals surface area (Å²) in [6, 6.07) is 13.6. The summed E-state index contributed by atoms with van der Waals surface area (Å²) in [6.45, 7) is 4.50. The molecule has 170 valence electrons. The van der Waals surface area contributed by atoms with E-state index in [2.05, 4.69) is 26.7 Å². The van der Waals surface area contributed by atoms with E-state index in [1.165, 1.54) is 0 Å². The van der Waals surface area contributed by atoms with Crippen molar-refractivity contribution < 1.29 is 14.2 Å². The van der Waals surface area contributed by atoms with Crippen molar-refractivity contribution >= 4 is 23.1 Å². The molecule has 2 aromatic carbocycles. The van der Waals surface area contributed by atoms with Crippen molar-refractivity contribution in [3.63, 3.8) is 0 Å². The molecule has 0 radical (unpaired) electrons. The van der Waals surface area contributed by atoms with Crippen molar-refractivity contribution in [2.75, 3.05) is 21.3 Å². The molecular formula is C24H24N4O3S2. The Morgan fingerprint density at radius 2 is 1.73 bits per heavy atom. The van der Waals surface area contributed by atoms with Crippen molar-refractivity contribution in [3.05, 3.63) is 66.2 Å². The molecule has 0 aliphatic carbocycles. The minimum Gasteiger partial charge on any atom is -0.497 e. The summed E-state index contributed by atoms with van der Waals surface area (Å²) >= 11 is 3.20. The lowest BCUT2D eigenvalue weighted by Gasteiger charge is -2.08. The van der Waals surface area contributed by atoms with Gasteiger partial charge in [-0.25, -0.2) is 4.98 Å². The molecule has 0 aliphatic rings. The minimum atomic E-state index is 0.616. The summed E-state index contributed by atoms with van der Waals surface area (Å²) in [5.74, 6) is 3.66. The van der Waals surface area contributed by atoms with E-state index in [1.807, 2.05) is 48.5 Å². The fraction of sp³-hybridized carbons (Fsp3) is 0.208. The topological polar surface area (TPSA) is 71.3 Å². The normalized spacial score (nSPS) is 10.8. The molecule has 0 saturated heterocycles. The average molecular weight is 481 g/mol. The second-order valence-corrected chi connectivity index (χ2v) is 8.74. The van der Waals surface area contributed by atoms with Gasteiger partial charge in [-0.1, -0.05) is 17.8 Å². The molecule has 33 heavy (non-hydrogen) atoms. The van der Waals surface area contributed by atoms with Gasteiger partial charge in [0.25, 0.3) is 0 Å². The lowest BCUT2D eigenvalue weighted by molar-refractivity contribution is 0.355. The Bertz CT molecular complexity index is 1230. The third-order valence-corrected chi connectivity index (χ3v) is 6.85. The van der Waals surface area contributed by atoms with Crippen molar-refractivity contribution in [1.29, 1.82) is 0 Å². The molecule has 0 atom stereocenters. The zero-order chi connectivity index (χ0) is 23.2. The Morgan fingerprint density at radius 1 is 0.970 bits per heavy atom. The van der Waals surface area contributed by atoms with E-state index in [1.54, 1.807) is 44.4 Å². The lowest BCUT2D eigenvalue weighted by atomic mass is 10.2. The molecule has 0 unspecified atom stereocenters. The van der Waals surface area contributed by atoms with Gasteiger partial charge in [-0.3, -0.25) is 4.57 Å². The molecule has 0 fully saturated rings. The van der Waals surface area contributed by atoms with Crippen molar-refractivity contribution in [2.24, 2.45) is 0 Å². The van der Waals surface area contributed by atoms with Crippen LogP contribution in [-0.2, 0) is 12.3 Å². The maximum atomic E-state index is 5.41. The van der Waals surface area contributed by atoms with Gasteiger partial charge in [0.05, 0.1) is 27.0 Å². The fourth-order valence-corrected chi connectivity index (χ4v) is 5.02. The first-order valence-electron chi connectivity index (χ1n) is 10.1. The highest BCUT2D eigenvalue weighted by molar-refractivity contribution is 7.98. The molecule has 0 spiro atoms. The Morgan fingerprint density at radius 3 is 2.42 bits per heavy atom. The molecule has 4 rings (SSSR count). The van der Waals surface area contributed by atoms with Crippen molar-refractivity contribution in [1.82, 2.24) is 19.7 Å². The van der Waals surface area contributed by atoms with E-state index in [0.717, 1.165) is 38.6 Å². The molecule has 2 aromatic heterocycles. The van der Waals surface area contributed by atoms with Gasteiger partial charge in [-0.15, -0.1) is 28.1 Å². The summed E-state index contributed by atoms with van der Waals surface area (Å²) < 4.78 is 18.0.